The lowest BCUT2D eigenvalue weighted by atomic mass is 10.0. The molecule has 2 aromatic heterocycles. The molecule has 0 saturated heterocycles. The normalized spacial score (nSPS) is 11.5. The summed E-state index contributed by atoms with van der Waals surface area (Å²) in [6, 6.07) is 20.6. The largest absolute Gasteiger partial charge is 0.436 e. The van der Waals surface area contributed by atoms with E-state index in [9.17, 15) is 0 Å². The Morgan fingerprint density at radius 3 is 2.54 bits per heavy atom. The van der Waals surface area contributed by atoms with Gasteiger partial charge < -0.3 is 8.98 Å². The van der Waals surface area contributed by atoms with E-state index in [1.807, 2.05) is 42.7 Å². The van der Waals surface area contributed by atoms with Gasteiger partial charge in [-0.05, 0) is 59.7 Å². The fourth-order valence-corrected chi connectivity index (χ4v) is 3.91. The van der Waals surface area contributed by atoms with Gasteiger partial charge in [-0.3, -0.25) is 0 Å². The predicted molar refractivity (Wildman–Crippen MR) is 109 cm³/mol. The van der Waals surface area contributed by atoms with Crippen LogP contribution in [0.3, 0.4) is 0 Å². The van der Waals surface area contributed by atoms with Crippen molar-refractivity contribution >= 4 is 37.8 Å². The van der Waals surface area contributed by atoms with Crippen molar-refractivity contribution in [3.05, 3.63) is 83.1 Å². The lowest BCUT2D eigenvalue weighted by Crippen LogP contribution is -1.90. The van der Waals surface area contributed by atoms with Gasteiger partial charge in [0.2, 0.25) is 5.89 Å². The maximum absolute atomic E-state index is 6.17. The van der Waals surface area contributed by atoms with E-state index < -0.39 is 0 Å². The third-order valence-electron chi connectivity index (χ3n) is 4.66. The van der Waals surface area contributed by atoms with E-state index in [0.29, 0.717) is 5.89 Å². The van der Waals surface area contributed by atoms with E-state index in [2.05, 4.69) is 57.8 Å². The summed E-state index contributed by atoms with van der Waals surface area (Å²) in [6.07, 6.45) is 4.06. The monoisotopic (exact) mass is 402 g/mol. The molecule has 0 spiro atoms. The van der Waals surface area contributed by atoms with Crippen molar-refractivity contribution in [3.8, 4) is 17.1 Å². The molecule has 26 heavy (non-hydrogen) atoms. The molecule has 4 heteroatoms. The summed E-state index contributed by atoms with van der Waals surface area (Å²) in [5.74, 6) is 0.649. The number of rotatable bonds is 2. The molecule has 0 N–H and O–H groups in total. The maximum Gasteiger partial charge on any atom is 0.227 e. The number of hydrogen-bond acceptors (Lipinski definition) is 2. The van der Waals surface area contributed by atoms with E-state index in [4.69, 9.17) is 9.40 Å². The second-order valence-corrected chi connectivity index (χ2v) is 7.22. The van der Waals surface area contributed by atoms with E-state index in [0.717, 1.165) is 43.2 Å². The molecule has 0 amide bonds. The van der Waals surface area contributed by atoms with Gasteiger partial charge >= 0.3 is 0 Å². The summed E-state index contributed by atoms with van der Waals surface area (Å²) in [7, 11) is 0. The fourth-order valence-electron chi connectivity index (χ4n) is 3.41. The summed E-state index contributed by atoms with van der Waals surface area (Å²) >= 11 is 3.63. The van der Waals surface area contributed by atoms with Crippen molar-refractivity contribution in [2.24, 2.45) is 0 Å². The Hall–Kier alpha value is -2.85. The molecule has 0 aliphatic heterocycles. The quantitative estimate of drug-likeness (QED) is 0.336. The number of aromatic nitrogens is 2. The van der Waals surface area contributed by atoms with Crippen molar-refractivity contribution in [3.63, 3.8) is 0 Å². The van der Waals surface area contributed by atoms with Crippen molar-refractivity contribution in [2.45, 2.75) is 6.92 Å². The van der Waals surface area contributed by atoms with Gasteiger partial charge in [0, 0.05) is 28.1 Å². The number of aryl methyl sites for hydroxylation is 1. The van der Waals surface area contributed by atoms with Crippen LogP contribution in [0.2, 0.25) is 0 Å². The zero-order valence-corrected chi connectivity index (χ0v) is 15.7. The van der Waals surface area contributed by atoms with E-state index in [1.54, 1.807) is 0 Å². The Morgan fingerprint density at radius 1 is 0.923 bits per heavy atom. The van der Waals surface area contributed by atoms with Gasteiger partial charge in [-0.15, -0.1) is 0 Å². The van der Waals surface area contributed by atoms with Crippen LogP contribution in [0.25, 0.3) is 39.0 Å². The molecule has 0 atom stereocenters. The highest BCUT2D eigenvalue weighted by Crippen LogP contribution is 2.34. The summed E-state index contributed by atoms with van der Waals surface area (Å²) in [6.45, 7) is 2.06. The predicted octanol–water partition coefficient (Wildman–Crippen LogP) is 6.51. The fraction of sp³-hybridized carbons (Fsp3) is 0.0455. The number of benzene rings is 3. The minimum Gasteiger partial charge on any atom is -0.436 e. The molecule has 0 fully saturated rings. The first-order valence-corrected chi connectivity index (χ1v) is 9.22. The van der Waals surface area contributed by atoms with Gasteiger partial charge in [0.1, 0.15) is 5.52 Å². The molecular formula is C22H15BrN2O. The van der Waals surface area contributed by atoms with Crippen LogP contribution in [0.4, 0.5) is 0 Å². The summed E-state index contributed by atoms with van der Waals surface area (Å²) < 4.78 is 9.32. The highest BCUT2D eigenvalue weighted by molar-refractivity contribution is 9.10. The maximum atomic E-state index is 6.17. The van der Waals surface area contributed by atoms with Crippen LogP contribution in [-0.4, -0.2) is 9.55 Å². The average molecular weight is 403 g/mol. The SMILES string of the molecule is Cc1cc(-n2cccc2)cc2nc(-c3cccc4c(Br)cccc34)oc12. The van der Waals surface area contributed by atoms with Gasteiger partial charge in [-0.25, -0.2) is 4.98 Å². The third-order valence-corrected chi connectivity index (χ3v) is 5.35. The Balaban J connectivity index is 1.74. The molecule has 0 bridgehead atoms. The van der Waals surface area contributed by atoms with Gasteiger partial charge in [0.25, 0.3) is 0 Å². The molecular weight excluding hydrogens is 388 g/mol. The van der Waals surface area contributed by atoms with Crippen LogP contribution in [-0.2, 0) is 0 Å². The second-order valence-electron chi connectivity index (χ2n) is 6.36. The highest BCUT2D eigenvalue weighted by atomic mass is 79.9. The van der Waals surface area contributed by atoms with Crippen LogP contribution in [0.15, 0.2) is 81.9 Å². The minimum atomic E-state index is 0.649. The molecule has 0 radical (unpaired) electrons. The molecule has 0 aliphatic carbocycles. The van der Waals surface area contributed by atoms with Gasteiger partial charge in [0.05, 0.1) is 0 Å². The standard InChI is InChI=1S/C22H15BrN2O/c1-14-12-15(25-10-2-3-11-25)13-20-21(14)26-22(24-20)18-8-4-7-17-16(18)6-5-9-19(17)23/h2-13H,1H3. The summed E-state index contributed by atoms with van der Waals surface area (Å²) in [5, 5.41) is 2.27. The smallest absolute Gasteiger partial charge is 0.227 e. The summed E-state index contributed by atoms with van der Waals surface area (Å²) in [4.78, 5) is 4.80. The first-order valence-electron chi connectivity index (χ1n) is 8.43. The molecule has 0 saturated carbocycles. The molecule has 5 aromatic rings. The number of oxazole rings is 1. The minimum absolute atomic E-state index is 0.649. The van der Waals surface area contributed by atoms with E-state index in [-0.39, 0.29) is 0 Å². The number of hydrogen-bond donors (Lipinski definition) is 0. The first-order chi connectivity index (χ1) is 12.7. The lowest BCUT2D eigenvalue weighted by molar-refractivity contribution is 0.618. The Bertz CT molecular complexity index is 1250. The van der Waals surface area contributed by atoms with Crippen LogP contribution in [0.5, 0.6) is 0 Å². The molecule has 0 unspecified atom stereocenters. The number of nitrogens with zero attached hydrogens (tertiary/aromatic N) is 2. The molecule has 0 aliphatic rings. The molecule has 3 nitrogen and oxygen atoms in total. The second kappa shape index (κ2) is 5.85. The van der Waals surface area contributed by atoms with Crippen molar-refractivity contribution in [1.82, 2.24) is 9.55 Å². The molecule has 2 heterocycles. The molecule has 3 aromatic carbocycles. The van der Waals surface area contributed by atoms with Crippen LogP contribution in [0.1, 0.15) is 5.56 Å². The van der Waals surface area contributed by atoms with Crippen LogP contribution >= 0.6 is 15.9 Å². The number of halogens is 1. The van der Waals surface area contributed by atoms with Gasteiger partial charge in [0.15, 0.2) is 5.58 Å². The Kier molecular flexibility index (Phi) is 3.47. The van der Waals surface area contributed by atoms with Gasteiger partial charge in [-0.1, -0.05) is 40.2 Å². The van der Waals surface area contributed by atoms with Crippen molar-refractivity contribution in [1.29, 1.82) is 0 Å². The summed E-state index contributed by atoms with van der Waals surface area (Å²) in [5.41, 5.74) is 4.87. The molecule has 5 rings (SSSR count). The van der Waals surface area contributed by atoms with Gasteiger partial charge in [-0.2, -0.15) is 0 Å². The zero-order chi connectivity index (χ0) is 17.7. The lowest BCUT2D eigenvalue weighted by Gasteiger charge is -2.04. The van der Waals surface area contributed by atoms with Crippen LogP contribution in [0, 0.1) is 6.92 Å². The zero-order valence-electron chi connectivity index (χ0n) is 14.1. The highest BCUT2D eigenvalue weighted by Gasteiger charge is 2.14. The van der Waals surface area contributed by atoms with Crippen LogP contribution < -0.4 is 0 Å². The first kappa shape index (κ1) is 15.4. The van der Waals surface area contributed by atoms with Crippen molar-refractivity contribution < 1.29 is 4.42 Å². The number of fused-ring (bicyclic) bond motifs is 2. The third kappa shape index (κ3) is 2.37. The topological polar surface area (TPSA) is 31.0 Å². The van der Waals surface area contributed by atoms with Crippen molar-refractivity contribution in [2.75, 3.05) is 0 Å². The Morgan fingerprint density at radius 2 is 1.69 bits per heavy atom. The van der Waals surface area contributed by atoms with E-state index in [1.165, 1.54) is 0 Å². The van der Waals surface area contributed by atoms with E-state index >= 15 is 0 Å². The average Bonchev–Trinajstić information content (AvgIpc) is 3.31. The molecule has 126 valence electrons. The Labute approximate surface area is 159 Å².